The molecule has 0 bridgehead atoms. The second-order valence-electron chi connectivity index (χ2n) is 3.26. The van der Waals surface area contributed by atoms with Crippen molar-refractivity contribution in [1.82, 2.24) is 14.8 Å². The molecule has 0 saturated heterocycles. The first-order valence-corrected chi connectivity index (χ1v) is 4.47. The van der Waals surface area contributed by atoms with E-state index in [0.29, 0.717) is 6.04 Å². The van der Waals surface area contributed by atoms with E-state index in [9.17, 15) is 4.79 Å². The molecule has 0 fully saturated rings. The molecule has 70 valence electrons. The SMILES string of the molecule is CCC1CCc2nc(C(N)=O)nn21. The van der Waals surface area contributed by atoms with Gasteiger partial charge in [-0.1, -0.05) is 6.92 Å². The van der Waals surface area contributed by atoms with Gasteiger partial charge in [-0.05, 0) is 12.8 Å². The van der Waals surface area contributed by atoms with E-state index in [0.717, 1.165) is 25.1 Å². The number of carbonyl (C=O) groups is 1. The minimum absolute atomic E-state index is 0.146. The van der Waals surface area contributed by atoms with Crippen LogP contribution in [0.5, 0.6) is 0 Å². The number of amides is 1. The monoisotopic (exact) mass is 180 g/mol. The highest BCUT2D eigenvalue weighted by Gasteiger charge is 2.25. The summed E-state index contributed by atoms with van der Waals surface area (Å²) in [7, 11) is 0. The molecule has 0 saturated carbocycles. The van der Waals surface area contributed by atoms with Gasteiger partial charge in [0.15, 0.2) is 0 Å². The lowest BCUT2D eigenvalue weighted by molar-refractivity contribution is 0.0989. The molecule has 1 unspecified atom stereocenters. The second kappa shape index (κ2) is 2.83. The van der Waals surface area contributed by atoms with E-state index in [1.807, 2.05) is 4.68 Å². The highest BCUT2D eigenvalue weighted by Crippen LogP contribution is 2.25. The first-order valence-electron chi connectivity index (χ1n) is 4.47. The van der Waals surface area contributed by atoms with Gasteiger partial charge in [0.1, 0.15) is 5.82 Å². The summed E-state index contributed by atoms with van der Waals surface area (Å²) in [5.74, 6) is 0.491. The maximum atomic E-state index is 10.8. The third-order valence-electron chi connectivity index (χ3n) is 2.44. The zero-order valence-electron chi connectivity index (χ0n) is 7.53. The van der Waals surface area contributed by atoms with Gasteiger partial charge in [-0.3, -0.25) is 4.79 Å². The molecular formula is C8H12N4O. The molecule has 2 N–H and O–H groups in total. The molecule has 5 heteroatoms. The van der Waals surface area contributed by atoms with Crippen molar-refractivity contribution < 1.29 is 4.79 Å². The summed E-state index contributed by atoms with van der Waals surface area (Å²) in [4.78, 5) is 14.9. The Labute approximate surface area is 75.9 Å². The van der Waals surface area contributed by atoms with Crippen molar-refractivity contribution in [2.75, 3.05) is 0 Å². The lowest BCUT2D eigenvalue weighted by Gasteiger charge is -2.06. The van der Waals surface area contributed by atoms with Gasteiger partial charge in [-0.2, -0.15) is 0 Å². The number of primary amides is 1. The predicted molar refractivity (Wildman–Crippen MR) is 46.2 cm³/mol. The van der Waals surface area contributed by atoms with Crippen molar-refractivity contribution in [2.24, 2.45) is 5.73 Å². The lowest BCUT2D eigenvalue weighted by Crippen LogP contribution is -2.14. The van der Waals surface area contributed by atoms with Crippen LogP contribution >= 0.6 is 0 Å². The van der Waals surface area contributed by atoms with Crippen LogP contribution in [0.15, 0.2) is 0 Å². The Hall–Kier alpha value is -1.39. The molecule has 1 aromatic heterocycles. The minimum Gasteiger partial charge on any atom is -0.363 e. The molecule has 1 aliphatic heterocycles. The van der Waals surface area contributed by atoms with Crippen molar-refractivity contribution in [3.8, 4) is 0 Å². The smallest absolute Gasteiger partial charge is 0.288 e. The number of aromatic nitrogens is 3. The zero-order valence-corrected chi connectivity index (χ0v) is 7.53. The van der Waals surface area contributed by atoms with Crippen LogP contribution in [0.1, 0.15) is 42.3 Å². The van der Waals surface area contributed by atoms with E-state index < -0.39 is 5.91 Å². The highest BCUT2D eigenvalue weighted by atomic mass is 16.1. The summed E-state index contributed by atoms with van der Waals surface area (Å²) in [5, 5.41) is 4.07. The van der Waals surface area contributed by atoms with Crippen LogP contribution in [0, 0.1) is 0 Å². The molecule has 0 aromatic carbocycles. The summed E-state index contributed by atoms with van der Waals surface area (Å²) in [6, 6.07) is 0.399. The maximum absolute atomic E-state index is 10.8. The Balaban J connectivity index is 2.36. The standard InChI is InChI=1S/C8H12N4O/c1-2-5-3-4-6-10-8(7(9)13)11-12(5)6/h5H,2-4H2,1H3,(H2,9,13). The van der Waals surface area contributed by atoms with Gasteiger partial charge in [0.05, 0.1) is 6.04 Å². The third kappa shape index (κ3) is 1.20. The number of rotatable bonds is 2. The number of carbonyl (C=O) groups excluding carboxylic acids is 1. The molecule has 5 nitrogen and oxygen atoms in total. The van der Waals surface area contributed by atoms with Crippen molar-refractivity contribution in [3.05, 3.63) is 11.6 Å². The molecule has 1 atom stereocenters. The summed E-state index contributed by atoms with van der Waals surface area (Å²) >= 11 is 0. The Morgan fingerprint density at radius 3 is 3.15 bits per heavy atom. The van der Waals surface area contributed by atoms with Crippen LogP contribution in [0.25, 0.3) is 0 Å². The molecule has 0 aliphatic carbocycles. The topological polar surface area (TPSA) is 73.8 Å². The Bertz CT molecular complexity index is 344. The second-order valence-corrected chi connectivity index (χ2v) is 3.26. The van der Waals surface area contributed by atoms with Gasteiger partial charge in [0.25, 0.3) is 5.91 Å². The van der Waals surface area contributed by atoms with E-state index >= 15 is 0 Å². The number of nitrogens with zero attached hydrogens (tertiary/aromatic N) is 3. The quantitative estimate of drug-likeness (QED) is 0.710. The largest absolute Gasteiger partial charge is 0.363 e. The Morgan fingerprint density at radius 2 is 2.54 bits per heavy atom. The Morgan fingerprint density at radius 1 is 1.77 bits per heavy atom. The average Bonchev–Trinajstić information content (AvgIpc) is 2.60. The van der Waals surface area contributed by atoms with E-state index in [2.05, 4.69) is 17.0 Å². The number of nitrogens with two attached hydrogens (primary N) is 1. The van der Waals surface area contributed by atoms with Crippen LogP contribution in [0.3, 0.4) is 0 Å². The van der Waals surface area contributed by atoms with Gasteiger partial charge in [-0.15, -0.1) is 5.10 Å². The van der Waals surface area contributed by atoms with Crippen LogP contribution < -0.4 is 5.73 Å². The van der Waals surface area contributed by atoms with Gasteiger partial charge in [0.2, 0.25) is 5.82 Å². The minimum atomic E-state index is -0.545. The van der Waals surface area contributed by atoms with E-state index in [1.165, 1.54) is 0 Å². The first-order chi connectivity index (χ1) is 6.22. The van der Waals surface area contributed by atoms with E-state index in [1.54, 1.807) is 0 Å². The van der Waals surface area contributed by atoms with Crippen molar-refractivity contribution in [3.63, 3.8) is 0 Å². The number of hydrogen-bond acceptors (Lipinski definition) is 3. The van der Waals surface area contributed by atoms with Crippen LogP contribution in [0.4, 0.5) is 0 Å². The number of fused-ring (bicyclic) bond motifs is 1. The fraction of sp³-hybridized carbons (Fsp3) is 0.625. The lowest BCUT2D eigenvalue weighted by atomic mass is 10.2. The normalized spacial score (nSPS) is 20.2. The molecule has 2 heterocycles. The molecule has 2 rings (SSSR count). The van der Waals surface area contributed by atoms with Crippen molar-refractivity contribution in [2.45, 2.75) is 32.2 Å². The summed E-state index contributed by atoms with van der Waals surface area (Å²) in [5.41, 5.74) is 5.08. The van der Waals surface area contributed by atoms with Gasteiger partial charge in [0, 0.05) is 6.42 Å². The molecule has 1 aliphatic rings. The van der Waals surface area contributed by atoms with Gasteiger partial charge < -0.3 is 5.73 Å². The average molecular weight is 180 g/mol. The number of hydrogen-bond donors (Lipinski definition) is 1. The van der Waals surface area contributed by atoms with Crippen molar-refractivity contribution >= 4 is 5.91 Å². The van der Waals surface area contributed by atoms with Crippen LogP contribution in [0.2, 0.25) is 0 Å². The maximum Gasteiger partial charge on any atom is 0.288 e. The highest BCUT2D eigenvalue weighted by molar-refractivity contribution is 5.88. The molecule has 1 aromatic rings. The zero-order chi connectivity index (χ0) is 9.42. The molecular weight excluding hydrogens is 168 g/mol. The summed E-state index contributed by atoms with van der Waals surface area (Å²) in [6.45, 7) is 2.10. The van der Waals surface area contributed by atoms with Gasteiger partial charge >= 0.3 is 0 Å². The fourth-order valence-corrected chi connectivity index (χ4v) is 1.72. The molecule has 0 radical (unpaired) electrons. The predicted octanol–water partition coefficient (Wildman–Crippen LogP) is 0.274. The van der Waals surface area contributed by atoms with Crippen LogP contribution in [-0.4, -0.2) is 20.7 Å². The third-order valence-corrected chi connectivity index (χ3v) is 2.44. The van der Waals surface area contributed by atoms with E-state index in [-0.39, 0.29) is 5.82 Å². The van der Waals surface area contributed by atoms with Crippen LogP contribution in [-0.2, 0) is 6.42 Å². The summed E-state index contributed by atoms with van der Waals surface area (Å²) in [6.07, 6.45) is 3.00. The van der Waals surface area contributed by atoms with Gasteiger partial charge in [-0.25, -0.2) is 9.67 Å². The Kier molecular flexibility index (Phi) is 1.79. The molecule has 0 spiro atoms. The molecule has 13 heavy (non-hydrogen) atoms. The first kappa shape index (κ1) is 8.22. The fourth-order valence-electron chi connectivity index (χ4n) is 1.72. The van der Waals surface area contributed by atoms with E-state index in [4.69, 9.17) is 5.73 Å². The molecule has 1 amide bonds. The van der Waals surface area contributed by atoms with Crippen molar-refractivity contribution in [1.29, 1.82) is 0 Å². The number of aryl methyl sites for hydroxylation is 1. The summed E-state index contributed by atoms with van der Waals surface area (Å²) < 4.78 is 1.83.